The predicted molar refractivity (Wildman–Crippen MR) is 85.4 cm³/mol. The van der Waals surface area contributed by atoms with Gasteiger partial charge in [0.15, 0.2) is 5.75 Å². The Morgan fingerprint density at radius 1 is 1.00 bits per heavy atom. The van der Waals surface area contributed by atoms with Gasteiger partial charge in [-0.25, -0.2) is 0 Å². The van der Waals surface area contributed by atoms with Crippen LogP contribution in [0.4, 0.5) is 0 Å². The number of halogens is 2. The lowest BCUT2D eigenvalue weighted by atomic mass is 10.0. The molecular weight excluding hydrogens is 293 g/mol. The number of hydrogen-bond acceptors (Lipinski definition) is 2. The molecule has 2 aromatic rings. The Morgan fingerprint density at radius 2 is 1.65 bits per heavy atom. The van der Waals surface area contributed by atoms with Gasteiger partial charge in [0.05, 0.1) is 5.02 Å². The van der Waals surface area contributed by atoms with Crippen molar-refractivity contribution in [1.29, 1.82) is 0 Å². The lowest BCUT2D eigenvalue weighted by Crippen LogP contribution is -2.27. The van der Waals surface area contributed by atoms with Gasteiger partial charge in [-0.1, -0.05) is 53.5 Å². The maximum Gasteiger partial charge on any atom is 0.173 e. The van der Waals surface area contributed by atoms with Crippen molar-refractivity contribution in [2.75, 3.05) is 13.1 Å². The minimum absolute atomic E-state index is 0.517. The lowest BCUT2D eigenvalue weighted by molar-refractivity contribution is -0.0480. The van der Waals surface area contributed by atoms with Gasteiger partial charge < -0.3 is 4.84 Å². The third kappa shape index (κ3) is 3.45. The highest BCUT2D eigenvalue weighted by molar-refractivity contribution is 6.36. The molecule has 0 radical (unpaired) electrons. The van der Waals surface area contributed by atoms with Crippen LogP contribution in [0.3, 0.4) is 0 Å². The number of rotatable bonds is 5. The lowest BCUT2D eigenvalue weighted by Gasteiger charge is -2.22. The summed E-state index contributed by atoms with van der Waals surface area (Å²) in [6.45, 7) is 5.64. The van der Waals surface area contributed by atoms with E-state index in [1.54, 1.807) is 6.07 Å². The van der Waals surface area contributed by atoms with Gasteiger partial charge in [-0.2, -0.15) is 0 Å². The number of benzene rings is 2. The molecule has 106 valence electrons. The Hall–Kier alpha value is -1.22. The van der Waals surface area contributed by atoms with Crippen LogP contribution >= 0.6 is 23.2 Å². The van der Waals surface area contributed by atoms with Gasteiger partial charge in [-0.15, -0.1) is 5.06 Å². The SMILES string of the molecule is CCN(CC)Oc1c(Cl)cc(Cl)cc1-c1ccccc1. The summed E-state index contributed by atoms with van der Waals surface area (Å²) in [5.41, 5.74) is 1.93. The standard InChI is InChI=1S/C16H17Cl2NO/c1-3-19(4-2)20-16-14(10-13(17)11-15(16)18)12-8-6-5-7-9-12/h5-11H,3-4H2,1-2H3. The van der Waals surface area contributed by atoms with Crippen LogP contribution in [0.5, 0.6) is 5.75 Å². The second-order valence-corrected chi connectivity index (χ2v) is 5.18. The molecule has 2 rings (SSSR count). The third-order valence-electron chi connectivity index (χ3n) is 3.02. The highest BCUT2D eigenvalue weighted by atomic mass is 35.5. The average molecular weight is 310 g/mol. The first-order valence-corrected chi connectivity index (χ1v) is 7.38. The molecule has 0 aliphatic rings. The number of hydrogen-bond donors (Lipinski definition) is 0. The average Bonchev–Trinajstić information content (AvgIpc) is 2.47. The first kappa shape index (κ1) is 15.2. The van der Waals surface area contributed by atoms with Crippen LogP contribution in [-0.2, 0) is 0 Å². The van der Waals surface area contributed by atoms with E-state index >= 15 is 0 Å². The molecule has 0 saturated carbocycles. The van der Waals surface area contributed by atoms with Crippen LogP contribution in [-0.4, -0.2) is 18.2 Å². The fourth-order valence-electron chi connectivity index (χ4n) is 1.97. The van der Waals surface area contributed by atoms with E-state index in [9.17, 15) is 0 Å². The summed E-state index contributed by atoms with van der Waals surface area (Å²) in [5.74, 6) is 0.644. The van der Waals surface area contributed by atoms with E-state index in [1.807, 2.05) is 55.3 Å². The molecule has 0 N–H and O–H groups in total. The summed E-state index contributed by atoms with van der Waals surface area (Å²) in [7, 11) is 0. The van der Waals surface area contributed by atoms with Gasteiger partial charge in [0.1, 0.15) is 0 Å². The van der Waals surface area contributed by atoms with Crippen molar-refractivity contribution in [3.05, 3.63) is 52.5 Å². The van der Waals surface area contributed by atoms with Gasteiger partial charge in [0, 0.05) is 23.7 Å². The zero-order valence-electron chi connectivity index (χ0n) is 11.6. The van der Waals surface area contributed by atoms with E-state index < -0.39 is 0 Å². The molecule has 0 heterocycles. The van der Waals surface area contributed by atoms with Crippen molar-refractivity contribution in [3.63, 3.8) is 0 Å². The Kier molecular flexibility index (Phi) is 5.30. The zero-order valence-corrected chi connectivity index (χ0v) is 13.1. The summed E-state index contributed by atoms with van der Waals surface area (Å²) in [5, 5.41) is 2.96. The van der Waals surface area contributed by atoms with E-state index in [0.717, 1.165) is 24.2 Å². The summed E-state index contributed by atoms with van der Waals surface area (Å²) in [4.78, 5) is 5.93. The molecule has 20 heavy (non-hydrogen) atoms. The molecule has 2 nitrogen and oxygen atoms in total. The van der Waals surface area contributed by atoms with Crippen molar-refractivity contribution >= 4 is 23.2 Å². The first-order chi connectivity index (χ1) is 9.65. The van der Waals surface area contributed by atoms with Crippen molar-refractivity contribution in [1.82, 2.24) is 5.06 Å². The van der Waals surface area contributed by atoms with Crippen LogP contribution in [0.25, 0.3) is 11.1 Å². The second-order valence-electron chi connectivity index (χ2n) is 4.34. The van der Waals surface area contributed by atoms with Crippen molar-refractivity contribution < 1.29 is 4.84 Å². The van der Waals surface area contributed by atoms with Gasteiger partial charge in [0.2, 0.25) is 0 Å². The van der Waals surface area contributed by atoms with E-state index in [4.69, 9.17) is 28.0 Å². The fourth-order valence-corrected chi connectivity index (χ4v) is 2.50. The minimum atomic E-state index is 0.517. The topological polar surface area (TPSA) is 12.5 Å². The smallest absolute Gasteiger partial charge is 0.173 e. The van der Waals surface area contributed by atoms with E-state index in [0.29, 0.717) is 15.8 Å². The van der Waals surface area contributed by atoms with E-state index in [1.165, 1.54) is 0 Å². The quantitative estimate of drug-likeness (QED) is 0.695. The number of nitrogens with zero attached hydrogens (tertiary/aromatic N) is 1. The molecule has 0 aliphatic carbocycles. The normalized spacial score (nSPS) is 10.8. The molecule has 2 aromatic carbocycles. The van der Waals surface area contributed by atoms with Gasteiger partial charge >= 0.3 is 0 Å². The van der Waals surface area contributed by atoms with Crippen molar-refractivity contribution in [3.8, 4) is 16.9 Å². The predicted octanol–water partition coefficient (Wildman–Crippen LogP) is 5.30. The summed E-state index contributed by atoms with van der Waals surface area (Å²) in [6, 6.07) is 13.5. The Labute approximate surface area is 129 Å². The zero-order chi connectivity index (χ0) is 14.5. The maximum absolute atomic E-state index is 6.31. The summed E-state index contributed by atoms with van der Waals surface area (Å²) < 4.78 is 0. The molecule has 0 atom stereocenters. The molecule has 0 unspecified atom stereocenters. The molecular formula is C16H17Cl2NO. The van der Waals surface area contributed by atoms with Crippen LogP contribution in [0.2, 0.25) is 10.0 Å². The Balaban J connectivity index is 2.49. The Bertz CT molecular complexity index is 568. The van der Waals surface area contributed by atoms with Crippen LogP contribution in [0.1, 0.15) is 13.8 Å². The van der Waals surface area contributed by atoms with Crippen LogP contribution < -0.4 is 4.84 Å². The van der Waals surface area contributed by atoms with Gasteiger partial charge in [-0.05, 0) is 31.5 Å². The monoisotopic (exact) mass is 309 g/mol. The highest BCUT2D eigenvalue weighted by Gasteiger charge is 2.15. The molecule has 0 aromatic heterocycles. The van der Waals surface area contributed by atoms with Crippen molar-refractivity contribution in [2.24, 2.45) is 0 Å². The molecule has 0 amide bonds. The molecule has 0 bridgehead atoms. The fraction of sp³-hybridized carbons (Fsp3) is 0.250. The minimum Gasteiger partial charge on any atom is -0.404 e. The van der Waals surface area contributed by atoms with Crippen LogP contribution in [0, 0.1) is 0 Å². The Morgan fingerprint density at radius 3 is 2.25 bits per heavy atom. The largest absolute Gasteiger partial charge is 0.404 e. The van der Waals surface area contributed by atoms with Crippen LogP contribution in [0.15, 0.2) is 42.5 Å². The molecule has 0 spiro atoms. The van der Waals surface area contributed by atoms with Gasteiger partial charge in [-0.3, -0.25) is 0 Å². The number of hydroxylamine groups is 2. The second kappa shape index (κ2) is 6.98. The molecule has 0 aliphatic heterocycles. The summed E-state index contributed by atoms with van der Waals surface area (Å²) >= 11 is 12.4. The third-order valence-corrected chi connectivity index (χ3v) is 3.52. The van der Waals surface area contributed by atoms with E-state index in [2.05, 4.69) is 0 Å². The maximum atomic E-state index is 6.31. The van der Waals surface area contributed by atoms with Crippen molar-refractivity contribution in [2.45, 2.75) is 13.8 Å². The molecule has 0 saturated heterocycles. The molecule has 0 fully saturated rings. The van der Waals surface area contributed by atoms with Gasteiger partial charge in [0.25, 0.3) is 0 Å². The highest BCUT2D eigenvalue weighted by Crippen LogP contribution is 2.39. The summed E-state index contributed by atoms with van der Waals surface area (Å²) in [6.07, 6.45) is 0. The van der Waals surface area contributed by atoms with E-state index in [-0.39, 0.29) is 0 Å². The first-order valence-electron chi connectivity index (χ1n) is 6.63. The molecule has 4 heteroatoms.